The van der Waals surface area contributed by atoms with E-state index < -0.39 is 0 Å². The molecule has 0 spiro atoms. The first-order chi connectivity index (χ1) is 7.24. The molecular weight excluding hydrogens is 214 g/mol. The van der Waals surface area contributed by atoms with Gasteiger partial charge in [0, 0.05) is 18.0 Å². The molecule has 1 unspecified atom stereocenters. The smallest absolute Gasteiger partial charge is 0.246 e. The van der Waals surface area contributed by atoms with Crippen LogP contribution in [-0.4, -0.2) is 25.2 Å². The lowest BCUT2D eigenvalue weighted by Crippen LogP contribution is -2.43. The molecule has 4 heteroatoms. The fourth-order valence-corrected chi connectivity index (χ4v) is 1.80. The predicted molar refractivity (Wildman–Crippen MR) is 57.9 cm³/mol. The lowest BCUT2D eigenvalue weighted by Gasteiger charge is -2.23. The van der Waals surface area contributed by atoms with Crippen molar-refractivity contribution in [3.8, 4) is 0 Å². The lowest BCUT2D eigenvalue weighted by atomic mass is 10.1. The van der Waals surface area contributed by atoms with Crippen LogP contribution in [0, 0.1) is 0 Å². The number of amides is 1. The van der Waals surface area contributed by atoms with E-state index in [1.54, 1.807) is 0 Å². The SMILES string of the molecule is O=C1COC(Cc2cccc(Cl)c2)CN1. The highest BCUT2D eigenvalue weighted by Gasteiger charge is 2.18. The number of carbonyl (C=O) groups excluding carboxylic acids is 1. The van der Waals surface area contributed by atoms with Gasteiger partial charge in [-0.25, -0.2) is 0 Å². The maximum atomic E-state index is 10.9. The lowest BCUT2D eigenvalue weighted by molar-refractivity contribution is -0.133. The van der Waals surface area contributed by atoms with Crippen molar-refractivity contribution in [2.24, 2.45) is 0 Å². The van der Waals surface area contributed by atoms with Crippen LogP contribution in [0.15, 0.2) is 24.3 Å². The van der Waals surface area contributed by atoms with Crippen LogP contribution in [0.3, 0.4) is 0 Å². The highest BCUT2D eigenvalue weighted by atomic mass is 35.5. The molecule has 0 bridgehead atoms. The Balaban J connectivity index is 1.94. The second-order valence-corrected chi connectivity index (χ2v) is 4.01. The Bertz CT molecular complexity index is 357. The topological polar surface area (TPSA) is 38.3 Å². The van der Waals surface area contributed by atoms with Gasteiger partial charge in [0.25, 0.3) is 0 Å². The van der Waals surface area contributed by atoms with Crippen LogP contribution in [-0.2, 0) is 16.0 Å². The molecule has 1 aromatic rings. The van der Waals surface area contributed by atoms with Crippen molar-refractivity contribution < 1.29 is 9.53 Å². The van der Waals surface area contributed by atoms with Crippen molar-refractivity contribution in [1.82, 2.24) is 5.32 Å². The number of rotatable bonds is 2. The van der Waals surface area contributed by atoms with Gasteiger partial charge in [-0.15, -0.1) is 0 Å². The van der Waals surface area contributed by atoms with Crippen molar-refractivity contribution in [3.05, 3.63) is 34.9 Å². The third kappa shape index (κ3) is 2.94. The normalized spacial score (nSPS) is 21.1. The molecule has 0 aliphatic carbocycles. The zero-order valence-electron chi connectivity index (χ0n) is 8.20. The fraction of sp³-hybridized carbons (Fsp3) is 0.364. The first kappa shape index (κ1) is 10.5. The van der Waals surface area contributed by atoms with E-state index in [-0.39, 0.29) is 18.6 Å². The number of benzene rings is 1. The van der Waals surface area contributed by atoms with Crippen molar-refractivity contribution in [1.29, 1.82) is 0 Å². The molecule has 3 nitrogen and oxygen atoms in total. The standard InChI is InChI=1S/C11H12ClNO2/c12-9-3-1-2-8(4-9)5-10-6-13-11(14)7-15-10/h1-4,10H,5-7H2,(H,13,14). The summed E-state index contributed by atoms with van der Waals surface area (Å²) in [5.41, 5.74) is 1.13. The van der Waals surface area contributed by atoms with Gasteiger partial charge >= 0.3 is 0 Å². The highest BCUT2D eigenvalue weighted by Crippen LogP contribution is 2.13. The van der Waals surface area contributed by atoms with Crippen LogP contribution >= 0.6 is 11.6 Å². The summed E-state index contributed by atoms with van der Waals surface area (Å²) in [4.78, 5) is 10.9. The van der Waals surface area contributed by atoms with E-state index in [2.05, 4.69) is 5.32 Å². The highest BCUT2D eigenvalue weighted by molar-refractivity contribution is 6.30. The van der Waals surface area contributed by atoms with Gasteiger partial charge in [0.2, 0.25) is 5.91 Å². The number of nitrogens with one attached hydrogen (secondary N) is 1. The van der Waals surface area contributed by atoms with E-state index in [9.17, 15) is 4.79 Å². The molecule has 15 heavy (non-hydrogen) atoms. The molecule has 0 aromatic heterocycles. The summed E-state index contributed by atoms with van der Waals surface area (Å²) in [6.45, 7) is 0.733. The molecule has 1 fully saturated rings. The molecule has 80 valence electrons. The summed E-state index contributed by atoms with van der Waals surface area (Å²) in [6.07, 6.45) is 0.835. The summed E-state index contributed by atoms with van der Waals surface area (Å²) < 4.78 is 5.38. The van der Waals surface area contributed by atoms with Gasteiger partial charge in [0.15, 0.2) is 0 Å². The average Bonchev–Trinajstić information content (AvgIpc) is 2.22. The van der Waals surface area contributed by atoms with E-state index >= 15 is 0 Å². The molecule has 1 aliphatic rings. The molecular formula is C11H12ClNO2. The van der Waals surface area contributed by atoms with Crippen LogP contribution in [0.2, 0.25) is 5.02 Å². The average molecular weight is 226 g/mol. The summed E-state index contributed by atoms with van der Waals surface area (Å²) in [5.74, 6) is -0.0441. The largest absolute Gasteiger partial charge is 0.366 e. The minimum atomic E-state index is -0.0441. The van der Waals surface area contributed by atoms with Crippen molar-refractivity contribution in [2.45, 2.75) is 12.5 Å². The molecule has 1 saturated heterocycles. The molecule has 0 saturated carbocycles. The quantitative estimate of drug-likeness (QED) is 0.826. The Hall–Kier alpha value is -1.06. The Morgan fingerprint density at radius 1 is 1.53 bits per heavy atom. The van der Waals surface area contributed by atoms with Crippen molar-refractivity contribution in [2.75, 3.05) is 13.2 Å². The number of ether oxygens (including phenoxy) is 1. The third-order valence-electron chi connectivity index (χ3n) is 2.33. The molecule has 1 aromatic carbocycles. The van der Waals surface area contributed by atoms with Gasteiger partial charge in [-0.1, -0.05) is 23.7 Å². The first-order valence-electron chi connectivity index (χ1n) is 4.87. The summed E-state index contributed by atoms with van der Waals surface area (Å²) in [7, 11) is 0. The van der Waals surface area contributed by atoms with Crippen LogP contribution in [0.5, 0.6) is 0 Å². The van der Waals surface area contributed by atoms with Crippen LogP contribution < -0.4 is 5.32 Å². The first-order valence-corrected chi connectivity index (χ1v) is 5.24. The maximum Gasteiger partial charge on any atom is 0.246 e. The van der Waals surface area contributed by atoms with Crippen molar-refractivity contribution >= 4 is 17.5 Å². The minimum Gasteiger partial charge on any atom is -0.366 e. The number of carbonyl (C=O) groups is 1. The van der Waals surface area contributed by atoms with E-state index in [4.69, 9.17) is 16.3 Å². The molecule has 1 aliphatic heterocycles. The molecule has 1 N–H and O–H groups in total. The number of hydrogen-bond donors (Lipinski definition) is 1. The Labute approximate surface area is 93.4 Å². The van der Waals surface area contributed by atoms with Gasteiger partial charge in [0.05, 0.1) is 6.10 Å². The van der Waals surface area contributed by atoms with Crippen LogP contribution in [0.25, 0.3) is 0 Å². The van der Waals surface area contributed by atoms with Gasteiger partial charge in [0.1, 0.15) is 6.61 Å². The minimum absolute atomic E-state index is 0.0441. The van der Waals surface area contributed by atoms with E-state index in [0.717, 1.165) is 17.0 Å². The Kier molecular flexibility index (Phi) is 3.23. The van der Waals surface area contributed by atoms with Gasteiger partial charge < -0.3 is 10.1 Å². The fourth-order valence-electron chi connectivity index (χ4n) is 1.59. The molecule has 1 heterocycles. The van der Waals surface area contributed by atoms with Gasteiger partial charge in [-0.3, -0.25) is 4.79 Å². The Morgan fingerprint density at radius 3 is 3.07 bits per heavy atom. The predicted octanol–water partition coefficient (Wildman–Crippen LogP) is 1.40. The molecule has 1 amide bonds. The van der Waals surface area contributed by atoms with E-state index in [1.165, 1.54) is 0 Å². The second kappa shape index (κ2) is 4.64. The maximum absolute atomic E-state index is 10.9. The third-order valence-corrected chi connectivity index (χ3v) is 2.56. The zero-order valence-corrected chi connectivity index (χ0v) is 8.96. The molecule has 2 rings (SSSR count). The zero-order chi connectivity index (χ0) is 10.7. The van der Waals surface area contributed by atoms with Gasteiger partial charge in [-0.05, 0) is 17.7 Å². The van der Waals surface area contributed by atoms with Crippen molar-refractivity contribution in [3.63, 3.8) is 0 Å². The van der Waals surface area contributed by atoms with E-state index in [0.29, 0.717) is 6.54 Å². The molecule has 0 radical (unpaired) electrons. The number of morpholine rings is 1. The number of hydrogen-bond acceptors (Lipinski definition) is 2. The number of halogens is 1. The Morgan fingerprint density at radius 2 is 2.40 bits per heavy atom. The van der Waals surface area contributed by atoms with Crippen LogP contribution in [0.1, 0.15) is 5.56 Å². The summed E-state index contributed by atoms with van der Waals surface area (Å²) in [5, 5.41) is 3.50. The summed E-state index contributed by atoms with van der Waals surface area (Å²) >= 11 is 5.88. The molecule has 1 atom stereocenters. The monoisotopic (exact) mass is 225 g/mol. The second-order valence-electron chi connectivity index (χ2n) is 3.57. The van der Waals surface area contributed by atoms with Gasteiger partial charge in [-0.2, -0.15) is 0 Å². The van der Waals surface area contributed by atoms with E-state index in [1.807, 2.05) is 24.3 Å². The summed E-state index contributed by atoms with van der Waals surface area (Å²) in [6, 6.07) is 7.68. The van der Waals surface area contributed by atoms with Crippen LogP contribution in [0.4, 0.5) is 0 Å².